The van der Waals surface area contributed by atoms with Crippen molar-refractivity contribution in [1.29, 1.82) is 0 Å². The molecular formula is C13H15ClN2O. The Labute approximate surface area is 106 Å². The zero-order valence-corrected chi connectivity index (χ0v) is 10.7. The summed E-state index contributed by atoms with van der Waals surface area (Å²) in [6.45, 7) is 4.52. The minimum absolute atomic E-state index is 0.0280. The van der Waals surface area contributed by atoms with Gasteiger partial charge in [-0.15, -0.1) is 0 Å². The van der Waals surface area contributed by atoms with E-state index in [1.165, 1.54) is 0 Å². The number of aliphatic hydroxyl groups excluding tert-OH is 1. The van der Waals surface area contributed by atoms with Gasteiger partial charge in [0.25, 0.3) is 0 Å². The van der Waals surface area contributed by atoms with Crippen molar-refractivity contribution in [3.63, 3.8) is 0 Å². The number of nitrogens with zero attached hydrogens (tertiary/aromatic N) is 2. The molecule has 0 radical (unpaired) electrons. The van der Waals surface area contributed by atoms with E-state index < -0.39 is 0 Å². The number of benzene rings is 1. The fourth-order valence-electron chi connectivity index (χ4n) is 1.90. The molecule has 1 aromatic carbocycles. The molecule has 0 bridgehead atoms. The van der Waals surface area contributed by atoms with Crippen LogP contribution in [0.15, 0.2) is 24.3 Å². The molecule has 90 valence electrons. The quantitative estimate of drug-likeness (QED) is 0.910. The lowest BCUT2D eigenvalue weighted by Gasteiger charge is -2.06. The van der Waals surface area contributed by atoms with Crippen molar-refractivity contribution < 1.29 is 5.11 Å². The summed E-state index contributed by atoms with van der Waals surface area (Å²) in [6, 6.07) is 7.72. The minimum Gasteiger partial charge on any atom is -0.392 e. The van der Waals surface area contributed by atoms with Crippen LogP contribution in [0, 0.1) is 13.8 Å². The Hall–Kier alpha value is -1.32. The average molecular weight is 251 g/mol. The first-order chi connectivity index (χ1) is 8.13. The smallest absolute Gasteiger partial charge is 0.0718 e. The molecule has 1 heterocycles. The first kappa shape index (κ1) is 12.1. The summed E-state index contributed by atoms with van der Waals surface area (Å²) < 4.78 is 1.88. The van der Waals surface area contributed by atoms with Gasteiger partial charge in [-0.1, -0.05) is 29.8 Å². The highest BCUT2D eigenvalue weighted by atomic mass is 35.5. The van der Waals surface area contributed by atoms with Crippen LogP contribution in [-0.4, -0.2) is 14.9 Å². The van der Waals surface area contributed by atoms with Crippen molar-refractivity contribution in [3.05, 3.63) is 51.8 Å². The Bertz CT molecular complexity index is 534. The molecule has 2 rings (SSSR count). The second-order valence-corrected chi connectivity index (χ2v) is 4.46. The number of aliphatic hydroxyl groups is 1. The molecule has 0 aliphatic rings. The summed E-state index contributed by atoms with van der Waals surface area (Å²) in [5, 5.41) is 14.4. The van der Waals surface area contributed by atoms with Crippen LogP contribution in [0.4, 0.5) is 0 Å². The van der Waals surface area contributed by atoms with Crippen LogP contribution in [0.5, 0.6) is 0 Å². The SMILES string of the molecule is Cc1nn(Cc2ccccc2Cl)c(C)c1CO. The second-order valence-electron chi connectivity index (χ2n) is 4.06. The Balaban J connectivity index is 2.34. The van der Waals surface area contributed by atoms with Crippen molar-refractivity contribution in [2.75, 3.05) is 0 Å². The molecule has 4 heteroatoms. The van der Waals surface area contributed by atoms with Gasteiger partial charge >= 0.3 is 0 Å². The summed E-state index contributed by atoms with van der Waals surface area (Å²) in [7, 11) is 0. The molecule has 0 saturated carbocycles. The van der Waals surface area contributed by atoms with Crippen molar-refractivity contribution in [2.24, 2.45) is 0 Å². The summed E-state index contributed by atoms with van der Waals surface area (Å²) >= 11 is 6.12. The third-order valence-electron chi connectivity index (χ3n) is 2.97. The van der Waals surface area contributed by atoms with Crippen LogP contribution in [0.2, 0.25) is 5.02 Å². The third kappa shape index (κ3) is 2.35. The Morgan fingerprint density at radius 1 is 1.29 bits per heavy atom. The zero-order valence-electron chi connectivity index (χ0n) is 9.94. The van der Waals surface area contributed by atoms with Gasteiger partial charge in [-0.25, -0.2) is 0 Å². The molecule has 3 nitrogen and oxygen atoms in total. The summed E-state index contributed by atoms with van der Waals surface area (Å²) in [5.41, 5.74) is 3.79. The Morgan fingerprint density at radius 3 is 2.59 bits per heavy atom. The molecule has 0 amide bonds. The van der Waals surface area contributed by atoms with Crippen LogP contribution in [-0.2, 0) is 13.2 Å². The van der Waals surface area contributed by atoms with Gasteiger partial charge in [-0.05, 0) is 25.5 Å². The van der Waals surface area contributed by atoms with Gasteiger partial charge in [-0.3, -0.25) is 4.68 Å². The van der Waals surface area contributed by atoms with Gasteiger partial charge in [0.05, 0.1) is 18.8 Å². The van der Waals surface area contributed by atoms with Gasteiger partial charge < -0.3 is 5.11 Å². The average Bonchev–Trinajstić information content (AvgIpc) is 2.57. The Morgan fingerprint density at radius 2 is 2.00 bits per heavy atom. The van der Waals surface area contributed by atoms with E-state index >= 15 is 0 Å². The van der Waals surface area contributed by atoms with Crippen molar-refractivity contribution >= 4 is 11.6 Å². The van der Waals surface area contributed by atoms with Gasteiger partial charge in [0.2, 0.25) is 0 Å². The third-order valence-corrected chi connectivity index (χ3v) is 3.34. The molecule has 0 atom stereocenters. The van der Waals surface area contributed by atoms with Crippen LogP contribution in [0.1, 0.15) is 22.5 Å². The van der Waals surface area contributed by atoms with Gasteiger partial charge in [0.15, 0.2) is 0 Å². The van der Waals surface area contributed by atoms with Crippen LogP contribution in [0.3, 0.4) is 0 Å². The van der Waals surface area contributed by atoms with Gasteiger partial charge in [-0.2, -0.15) is 5.10 Å². The Kier molecular flexibility index (Phi) is 3.50. The first-order valence-electron chi connectivity index (χ1n) is 5.50. The molecule has 17 heavy (non-hydrogen) atoms. The van der Waals surface area contributed by atoms with E-state index in [2.05, 4.69) is 5.10 Å². The highest BCUT2D eigenvalue weighted by Crippen LogP contribution is 2.19. The number of rotatable bonds is 3. The summed E-state index contributed by atoms with van der Waals surface area (Å²) in [4.78, 5) is 0. The summed E-state index contributed by atoms with van der Waals surface area (Å²) in [5.74, 6) is 0. The maximum absolute atomic E-state index is 9.25. The maximum atomic E-state index is 9.25. The van der Waals surface area contributed by atoms with E-state index in [4.69, 9.17) is 11.6 Å². The van der Waals surface area contributed by atoms with Crippen LogP contribution >= 0.6 is 11.6 Å². The van der Waals surface area contributed by atoms with Crippen LogP contribution in [0.25, 0.3) is 0 Å². The van der Waals surface area contributed by atoms with Crippen molar-refractivity contribution in [3.8, 4) is 0 Å². The monoisotopic (exact) mass is 250 g/mol. The lowest BCUT2D eigenvalue weighted by Crippen LogP contribution is -2.04. The van der Waals surface area contributed by atoms with E-state index in [0.717, 1.165) is 27.5 Å². The molecule has 2 aromatic rings. The molecule has 0 fully saturated rings. The van der Waals surface area contributed by atoms with Gasteiger partial charge in [0, 0.05) is 16.3 Å². The molecule has 0 aliphatic heterocycles. The lowest BCUT2D eigenvalue weighted by molar-refractivity contribution is 0.280. The maximum Gasteiger partial charge on any atom is 0.0718 e. The first-order valence-corrected chi connectivity index (χ1v) is 5.88. The number of aromatic nitrogens is 2. The largest absolute Gasteiger partial charge is 0.392 e. The molecule has 0 saturated heterocycles. The van der Waals surface area contributed by atoms with E-state index in [-0.39, 0.29) is 6.61 Å². The zero-order chi connectivity index (χ0) is 12.4. The van der Waals surface area contributed by atoms with Gasteiger partial charge in [0.1, 0.15) is 0 Å². The van der Waals surface area contributed by atoms with E-state index in [1.807, 2.05) is 42.8 Å². The molecule has 1 aromatic heterocycles. The molecule has 0 unspecified atom stereocenters. The van der Waals surface area contributed by atoms with E-state index in [9.17, 15) is 5.11 Å². The number of aryl methyl sites for hydroxylation is 1. The topological polar surface area (TPSA) is 38.0 Å². The lowest BCUT2D eigenvalue weighted by atomic mass is 10.2. The molecule has 0 spiro atoms. The number of hydrogen-bond donors (Lipinski definition) is 1. The predicted molar refractivity (Wildman–Crippen MR) is 68.2 cm³/mol. The van der Waals surface area contributed by atoms with Crippen molar-refractivity contribution in [2.45, 2.75) is 27.0 Å². The molecular weight excluding hydrogens is 236 g/mol. The predicted octanol–water partition coefficient (Wildman–Crippen LogP) is 2.69. The van der Waals surface area contributed by atoms with E-state index in [0.29, 0.717) is 6.54 Å². The second kappa shape index (κ2) is 4.90. The fraction of sp³-hybridized carbons (Fsp3) is 0.308. The number of hydrogen-bond acceptors (Lipinski definition) is 2. The highest BCUT2D eigenvalue weighted by molar-refractivity contribution is 6.31. The van der Waals surface area contributed by atoms with E-state index in [1.54, 1.807) is 0 Å². The minimum atomic E-state index is 0.0280. The molecule has 1 N–H and O–H groups in total. The standard InChI is InChI=1S/C13H15ClN2O/c1-9-12(8-17)10(2)16(15-9)7-11-5-3-4-6-13(11)14/h3-6,17H,7-8H2,1-2H3. The molecule has 0 aliphatic carbocycles. The van der Waals surface area contributed by atoms with Crippen molar-refractivity contribution in [1.82, 2.24) is 9.78 Å². The highest BCUT2D eigenvalue weighted by Gasteiger charge is 2.11. The number of halogens is 1. The fourth-order valence-corrected chi connectivity index (χ4v) is 2.10. The van der Waals surface area contributed by atoms with Crippen LogP contribution < -0.4 is 0 Å². The normalized spacial score (nSPS) is 10.8. The summed E-state index contributed by atoms with van der Waals surface area (Å²) in [6.07, 6.45) is 0.